The van der Waals surface area contributed by atoms with Crippen molar-refractivity contribution in [3.8, 4) is 0 Å². The Hall–Kier alpha value is -1.47. The van der Waals surface area contributed by atoms with E-state index in [-0.39, 0.29) is 6.29 Å². The number of esters is 2. The van der Waals surface area contributed by atoms with Crippen LogP contribution in [0.4, 0.5) is 0 Å². The standard InChI is InChI=1S/C9H14O7/c1-5(11)15-4-8(14)9(7(13)3-10)16-6(2)12/h3,7-9,13-14H,4H2,1-2H3/t7-,8+,9-/m0/s1. The summed E-state index contributed by atoms with van der Waals surface area (Å²) in [5.41, 5.74) is 0. The maximum atomic E-state index is 10.6. The van der Waals surface area contributed by atoms with E-state index in [1.54, 1.807) is 0 Å². The Morgan fingerprint density at radius 3 is 2.19 bits per heavy atom. The van der Waals surface area contributed by atoms with Gasteiger partial charge in [-0.25, -0.2) is 0 Å². The van der Waals surface area contributed by atoms with Crippen molar-refractivity contribution in [3.63, 3.8) is 0 Å². The second-order valence-electron chi connectivity index (χ2n) is 3.07. The predicted molar refractivity (Wildman–Crippen MR) is 50.3 cm³/mol. The number of aliphatic hydroxyl groups excluding tert-OH is 2. The minimum Gasteiger partial charge on any atom is -0.463 e. The zero-order valence-electron chi connectivity index (χ0n) is 8.95. The van der Waals surface area contributed by atoms with Crippen molar-refractivity contribution in [2.45, 2.75) is 32.2 Å². The number of aldehydes is 1. The van der Waals surface area contributed by atoms with E-state index in [1.807, 2.05) is 0 Å². The van der Waals surface area contributed by atoms with Crippen LogP contribution in [0.2, 0.25) is 0 Å². The Bertz CT molecular complexity index is 263. The van der Waals surface area contributed by atoms with Gasteiger partial charge in [0, 0.05) is 13.8 Å². The van der Waals surface area contributed by atoms with Crippen molar-refractivity contribution in [1.29, 1.82) is 0 Å². The van der Waals surface area contributed by atoms with Gasteiger partial charge in [0.15, 0.2) is 12.4 Å². The zero-order valence-corrected chi connectivity index (χ0v) is 8.95. The molecule has 0 fully saturated rings. The van der Waals surface area contributed by atoms with Crippen molar-refractivity contribution in [3.05, 3.63) is 0 Å². The largest absolute Gasteiger partial charge is 0.463 e. The number of hydrogen-bond donors (Lipinski definition) is 2. The first kappa shape index (κ1) is 14.5. The van der Waals surface area contributed by atoms with Gasteiger partial charge in [-0.15, -0.1) is 0 Å². The van der Waals surface area contributed by atoms with Crippen molar-refractivity contribution in [1.82, 2.24) is 0 Å². The molecule has 0 amide bonds. The Morgan fingerprint density at radius 2 is 1.81 bits per heavy atom. The molecule has 0 spiro atoms. The molecule has 0 aromatic heterocycles. The Kier molecular flexibility index (Phi) is 6.28. The molecule has 0 unspecified atom stereocenters. The van der Waals surface area contributed by atoms with Gasteiger partial charge in [0.25, 0.3) is 0 Å². The van der Waals surface area contributed by atoms with Crippen LogP contribution < -0.4 is 0 Å². The third kappa shape index (κ3) is 5.42. The third-order valence-corrected chi connectivity index (χ3v) is 1.61. The van der Waals surface area contributed by atoms with Crippen LogP contribution in [0.3, 0.4) is 0 Å². The van der Waals surface area contributed by atoms with Crippen molar-refractivity contribution in [2.75, 3.05) is 6.61 Å². The van der Waals surface area contributed by atoms with E-state index in [2.05, 4.69) is 9.47 Å². The normalized spacial score (nSPS) is 15.8. The van der Waals surface area contributed by atoms with Crippen molar-refractivity contribution in [2.24, 2.45) is 0 Å². The van der Waals surface area contributed by atoms with Gasteiger partial charge < -0.3 is 24.5 Å². The highest BCUT2D eigenvalue weighted by Gasteiger charge is 2.30. The van der Waals surface area contributed by atoms with Crippen LogP contribution in [-0.2, 0) is 23.9 Å². The van der Waals surface area contributed by atoms with Crippen LogP contribution in [0.15, 0.2) is 0 Å². The first-order chi connectivity index (χ1) is 7.38. The Labute approximate surface area is 92.0 Å². The SMILES string of the molecule is CC(=O)OC[C@@H](O)[C@@H](OC(C)=O)[C@@H](O)C=O. The quantitative estimate of drug-likeness (QED) is 0.420. The molecule has 0 aliphatic rings. The summed E-state index contributed by atoms with van der Waals surface area (Å²) in [7, 11) is 0. The molecule has 0 aromatic rings. The Morgan fingerprint density at radius 1 is 1.25 bits per heavy atom. The van der Waals surface area contributed by atoms with E-state index in [4.69, 9.17) is 5.11 Å². The average Bonchev–Trinajstić information content (AvgIpc) is 2.21. The zero-order chi connectivity index (χ0) is 12.7. The van der Waals surface area contributed by atoms with Crippen molar-refractivity contribution < 1.29 is 34.1 Å². The number of carbonyl (C=O) groups excluding carboxylic acids is 3. The van der Waals surface area contributed by atoms with Gasteiger partial charge in [-0.2, -0.15) is 0 Å². The molecular formula is C9H14O7. The molecule has 7 nitrogen and oxygen atoms in total. The fourth-order valence-corrected chi connectivity index (χ4v) is 0.943. The molecular weight excluding hydrogens is 220 g/mol. The molecule has 7 heteroatoms. The summed E-state index contributed by atoms with van der Waals surface area (Å²) in [6.07, 6.45) is -4.47. The monoisotopic (exact) mass is 234 g/mol. The van der Waals surface area contributed by atoms with Crippen LogP contribution in [0.5, 0.6) is 0 Å². The first-order valence-corrected chi connectivity index (χ1v) is 4.50. The molecule has 0 aliphatic carbocycles. The van der Waals surface area contributed by atoms with Crippen molar-refractivity contribution >= 4 is 18.2 Å². The van der Waals surface area contributed by atoms with Gasteiger partial charge in [0.1, 0.15) is 18.8 Å². The number of rotatable bonds is 6. The number of aliphatic hydroxyl groups is 2. The highest BCUT2D eigenvalue weighted by atomic mass is 16.6. The summed E-state index contributed by atoms with van der Waals surface area (Å²) in [5, 5.41) is 18.6. The lowest BCUT2D eigenvalue weighted by atomic mass is 10.1. The smallest absolute Gasteiger partial charge is 0.303 e. The first-order valence-electron chi connectivity index (χ1n) is 4.50. The molecule has 0 saturated carbocycles. The molecule has 16 heavy (non-hydrogen) atoms. The van der Waals surface area contributed by atoms with Gasteiger partial charge in [-0.1, -0.05) is 0 Å². The van der Waals surface area contributed by atoms with Gasteiger partial charge >= 0.3 is 11.9 Å². The topological polar surface area (TPSA) is 110 Å². The lowest BCUT2D eigenvalue weighted by Gasteiger charge is -2.23. The minimum atomic E-state index is -1.67. The highest BCUT2D eigenvalue weighted by Crippen LogP contribution is 2.06. The second kappa shape index (κ2) is 6.91. The third-order valence-electron chi connectivity index (χ3n) is 1.61. The van der Waals surface area contributed by atoms with Gasteiger partial charge in [0.05, 0.1) is 0 Å². The summed E-state index contributed by atoms with van der Waals surface area (Å²) in [6, 6.07) is 0. The molecule has 0 aliphatic heterocycles. The maximum Gasteiger partial charge on any atom is 0.303 e. The van der Waals surface area contributed by atoms with Crippen LogP contribution in [0.1, 0.15) is 13.8 Å². The molecule has 0 saturated heterocycles. The maximum absolute atomic E-state index is 10.6. The summed E-state index contributed by atoms with van der Waals surface area (Å²) < 4.78 is 8.99. The molecule has 2 N–H and O–H groups in total. The molecule has 0 bridgehead atoms. The number of hydrogen-bond acceptors (Lipinski definition) is 7. The van der Waals surface area contributed by atoms with Gasteiger partial charge in [-0.05, 0) is 0 Å². The highest BCUT2D eigenvalue weighted by molar-refractivity contribution is 5.67. The van der Waals surface area contributed by atoms with E-state index < -0.39 is 36.9 Å². The van der Waals surface area contributed by atoms with Crippen LogP contribution >= 0.6 is 0 Å². The minimum absolute atomic E-state index is 0.116. The van der Waals surface area contributed by atoms with E-state index in [0.717, 1.165) is 13.8 Å². The summed E-state index contributed by atoms with van der Waals surface area (Å²) >= 11 is 0. The van der Waals surface area contributed by atoms with Gasteiger partial charge in [0.2, 0.25) is 0 Å². The van der Waals surface area contributed by atoms with E-state index in [0.29, 0.717) is 0 Å². The van der Waals surface area contributed by atoms with E-state index in [9.17, 15) is 19.5 Å². The number of ether oxygens (including phenoxy) is 2. The van der Waals surface area contributed by atoms with Crippen LogP contribution in [-0.4, -0.2) is 53.4 Å². The molecule has 0 heterocycles. The Balaban J connectivity index is 4.42. The lowest BCUT2D eigenvalue weighted by molar-refractivity contribution is -0.168. The van der Waals surface area contributed by atoms with Crippen LogP contribution in [0.25, 0.3) is 0 Å². The molecule has 0 aromatic carbocycles. The molecule has 92 valence electrons. The second-order valence-corrected chi connectivity index (χ2v) is 3.07. The van der Waals surface area contributed by atoms with E-state index in [1.165, 1.54) is 0 Å². The molecule has 0 rings (SSSR count). The van der Waals surface area contributed by atoms with Gasteiger partial charge in [-0.3, -0.25) is 9.59 Å². The fraction of sp³-hybridized carbons (Fsp3) is 0.667. The number of carbonyl (C=O) groups is 3. The van der Waals surface area contributed by atoms with E-state index >= 15 is 0 Å². The summed E-state index contributed by atoms with van der Waals surface area (Å²) in [6.45, 7) is 1.71. The van der Waals surface area contributed by atoms with Crippen LogP contribution in [0, 0.1) is 0 Å². The molecule has 3 atom stereocenters. The predicted octanol–water partition coefficient (Wildman–Crippen LogP) is -1.60. The summed E-state index contributed by atoms with van der Waals surface area (Å²) in [4.78, 5) is 31.4. The fourth-order valence-electron chi connectivity index (χ4n) is 0.943. The molecule has 0 radical (unpaired) electrons. The average molecular weight is 234 g/mol. The summed E-state index contributed by atoms with van der Waals surface area (Å²) in [5.74, 6) is -1.41. The lowest BCUT2D eigenvalue weighted by Crippen LogP contribution is -2.44.